The van der Waals surface area contributed by atoms with Crippen molar-refractivity contribution in [1.29, 1.82) is 0 Å². The molecule has 0 aromatic carbocycles. The number of amides is 1. The van der Waals surface area contributed by atoms with E-state index in [-0.39, 0.29) is 50.7 Å². The van der Waals surface area contributed by atoms with Crippen molar-refractivity contribution in [3.8, 4) is 0 Å². The summed E-state index contributed by atoms with van der Waals surface area (Å²) in [6.45, 7) is 4.84. The van der Waals surface area contributed by atoms with Crippen molar-refractivity contribution in [1.82, 2.24) is 5.32 Å². The topological polar surface area (TPSA) is 58.6 Å². The largest absolute Gasteiger partial charge is 0.389 e. The lowest BCUT2D eigenvalue weighted by Crippen LogP contribution is -2.40. The van der Waals surface area contributed by atoms with E-state index in [2.05, 4.69) is 5.32 Å². The lowest BCUT2D eigenvalue weighted by molar-refractivity contribution is -0.129. The number of halogens is 2. The molecule has 0 aliphatic heterocycles. The summed E-state index contributed by atoms with van der Waals surface area (Å²) in [5.41, 5.74) is 0. The van der Waals surface area contributed by atoms with E-state index in [1.54, 1.807) is 0 Å². The van der Waals surface area contributed by atoms with E-state index in [0.29, 0.717) is 12.5 Å². The van der Waals surface area contributed by atoms with Crippen LogP contribution in [0.15, 0.2) is 0 Å². The lowest BCUT2D eigenvalue weighted by Gasteiger charge is -2.27. The number of carbonyl (C=O) groups excluding carboxylic acids is 1. The number of ether oxygens (including phenoxy) is 1. The van der Waals surface area contributed by atoms with Crippen LogP contribution in [-0.2, 0) is 9.53 Å². The van der Waals surface area contributed by atoms with Gasteiger partial charge in [-0.2, -0.15) is 0 Å². The lowest BCUT2D eigenvalue weighted by atomic mass is 9.86. The summed E-state index contributed by atoms with van der Waals surface area (Å²) in [7, 11) is 0. The maximum absolute atomic E-state index is 13.0. The monoisotopic (exact) mass is 293 g/mol. The highest BCUT2D eigenvalue weighted by molar-refractivity contribution is 5.78. The highest BCUT2D eigenvalue weighted by atomic mass is 19.3. The second kappa shape index (κ2) is 7.88. The first-order valence-electron chi connectivity index (χ1n) is 7.21. The van der Waals surface area contributed by atoms with Crippen molar-refractivity contribution in [2.24, 2.45) is 11.8 Å². The average Bonchev–Trinajstić information content (AvgIpc) is 2.35. The molecule has 1 fully saturated rings. The van der Waals surface area contributed by atoms with Gasteiger partial charge in [0.25, 0.3) is 0 Å². The Labute approximate surface area is 118 Å². The maximum Gasteiger partial charge on any atom is 0.248 e. The first kappa shape index (κ1) is 17.3. The molecule has 1 rings (SSSR count). The number of aliphatic hydroxyl groups excluding tert-OH is 1. The fourth-order valence-electron chi connectivity index (χ4n) is 2.16. The Bertz CT molecular complexity index is 301. The van der Waals surface area contributed by atoms with E-state index < -0.39 is 12.0 Å². The molecule has 6 heteroatoms. The normalized spacial score (nSPS) is 20.9. The Morgan fingerprint density at radius 1 is 1.35 bits per heavy atom. The van der Waals surface area contributed by atoms with Crippen molar-refractivity contribution < 1.29 is 23.4 Å². The minimum atomic E-state index is -2.62. The van der Waals surface area contributed by atoms with Crippen molar-refractivity contribution >= 4 is 5.91 Å². The Balaban J connectivity index is 2.16. The molecule has 0 saturated heterocycles. The predicted molar refractivity (Wildman–Crippen MR) is 71.6 cm³/mol. The smallest absolute Gasteiger partial charge is 0.248 e. The quantitative estimate of drug-likeness (QED) is 0.754. The molecule has 0 spiro atoms. The second-order valence-corrected chi connectivity index (χ2v) is 5.96. The van der Waals surface area contributed by atoms with Crippen LogP contribution < -0.4 is 5.32 Å². The fraction of sp³-hybridized carbons (Fsp3) is 0.929. The van der Waals surface area contributed by atoms with E-state index in [0.717, 1.165) is 0 Å². The highest BCUT2D eigenvalue weighted by Gasteiger charge is 2.37. The van der Waals surface area contributed by atoms with Gasteiger partial charge in [0.2, 0.25) is 11.8 Å². The molecule has 0 heterocycles. The third-order valence-corrected chi connectivity index (χ3v) is 3.36. The number of hydrogen-bond acceptors (Lipinski definition) is 3. The van der Waals surface area contributed by atoms with Crippen LogP contribution in [0.25, 0.3) is 0 Å². The summed E-state index contributed by atoms with van der Waals surface area (Å²) in [5.74, 6) is -2.84. The molecule has 1 aliphatic carbocycles. The molecule has 0 aromatic rings. The first-order chi connectivity index (χ1) is 9.30. The number of rotatable bonds is 7. The number of carbonyl (C=O) groups is 1. The number of aliphatic hydroxyl groups is 1. The van der Waals surface area contributed by atoms with Crippen LogP contribution >= 0.6 is 0 Å². The molecular weight excluding hydrogens is 268 g/mol. The van der Waals surface area contributed by atoms with E-state index in [4.69, 9.17) is 4.74 Å². The molecule has 4 nitrogen and oxygen atoms in total. The minimum Gasteiger partial charge on any atom is -0.389 e. The van der Waals surface area contributed by atoms with Gasteiger partial charge < -0.3 is 15.2 Å². The Morgan fingerprint density at radius 2 is 1.95 bits per heavy atom. The molecule has 1 aliphatic rings. The van der Waals surface area contributed by atoms with Gasteiger partial charge in [0.1, 0.15) is 0 Å². The van der Waals surface area contributed by atoms with Gasteiger partial charge in [0.05, 0.1) is 12.7 Å². The van der Waals surface area contributed by atoms with Crippen LogP contribution in [-0.4, -0.2) is 42.8 Å². The molecule has 0 aromatic heterocycles. The molecule has 1 saturated carbocycles. The molecule has 0 bridgehead atoms. The summed E-state index contributed by atoms with van der Waals surface area (Å²) in [5, 5.41) is 12.2. The molecule has 1 atom stereocenters. The van der Waals surface area contributed by atoms with Gasteiger partial charge in [0.15, 0.2) is 0 Å². The van der Waals surface area contributed by atoms with Crippen molar-refractivity contribution in [3.05, 3.63) is 0 Å². The Hall–Kier alpha value is -0.750. The number of hydrogen-bond donors (Lipinski definition) is 2. The van der Waals surface area contributed by atoms with Gasteiger partial charge in [-0.3, -0.25) is 4.79 Å². The molecule has 0 radical (unpaired) electrons. The van der Waals surface area contributed by atoms with E-state index in [1.165, 1.54) is 0 Å². The molecule has 1 unspecified atom stereocenters. The van der Waals surface area contributed by atoms with Crippen LogP contribution in [0.3, 0.4) is 0 Å². The zero-order valence-corrected chi connectivity index (χ0v) is 12.2. The van der Waals surface area contributed by atoms with Crippen LogP contribution in [0.2, 0.25) is 0 Å². The third kappa shape index (κ3) is 6.61. The molecule has 118 valence electrons. The van der Waals surface area contributed by atoms with Gasteiger partial charge >= 0.3 is 0 Å². The van der Waals surface area contributed by atoms with Crippen molar-refractivity contribution in [2.75, 3.05) is 19.8 Å². The van der Waals surface area contributed by atoms with Crippen molar-refractivity contribution in [2.45, 2.75) is 51.6 Å². The van der Waals surface area contributed by atoms with Crippen LogP contribution in [0.5, 0.6) is 0 Å². The maximum atomic E-state index is 13.0. The van der Waals surface area contributed by atoms with Gasteiger partial charge in [-0.15, -0.1) is 0 Å². The van der Waals surface area contributed by atoms with E-state index in [9.17, 15) is 18.7 Å². The van der Waals surface area contributed by atoms with E-state index in [1.807, 2.05) is 13.8 Å². The van der Waals surface area contributed by atoms with Crippen molar-refractivity contribution in [3.63, 3.8) is 0 Å². The summed E-state index contributed by atoms with van der Waals surface area (Å²) in [6, 6.07) is 0. The molecule has 1 amide bonds. The predicted octanol–water partition coefficient (Wildman–Crippen LogP) is 1.96. The number of alkyl halides is 2. The van der Waals surface area contributed by atoms with Gasteiger partial charge in [-0.1, -0.05) is 13.8 Å². The second-order valence-electron chi connectivity index (χ2n) is 5.96. The van der Waals surface area contributed by atoms with Gasteiger partial charge in [-0.25, -0.2) is 8.78 Å². The zero-order chi connectivity index (χ0) is 15.2. The molecular formula is C14H25F2NO3. The summed E-state index contributed by atoms with van der Waals surface area (Å²) >= 11 is 0. The summed E-state index contributed by atoms with van der Waals surface area (Å²) in [4.78, 5) is 11.8. The fourth-order valence-corrected chi connectivity index (χ4v) is 2.16. The molecule has 20 heavy (non-hydrogen) atoms. The first-order valence-corrected chi connectivity index (χ1v) is 7.21. The third-order valence-electron chi connectivity index (χ3n) is 3.36. The zero-order valence-electron chi connectivity index (χ0n) is 12.2. The molecule has 2 N–H and O–H groups in total. The van der Waals surface area contributed by atoms with Gasteiger partial charge in [-0.05, 0) is 18.8 Å². The summed E-state index contributed by atoms with van der Waals surface area (Å²) < 4.78 is 31.2. The Morgan fingerprint density at radius 3 is 2.50 bits per heavy atom. The van der Waals surface area contributed by atoms with Crippen LogP contribution in [0.4, 0.5) is 8.78 Å². The Kier molecular flexibility index (Phi) is 6.82. The van der Waals surface area contributed by atoms with Gasteiger partial charge in [0, 0.05) is 31.9 Å². The average molecular weight is 293 g/mol. The van der Waals surface area contributed by atoms with E-state index >= 15 is 0 Å². The number of nitrogens with one attached hydrogen (secondary N) is 1. The SMILES string of the molecule is CC(C)COCC(O)CNC(=O)C1CCC(F)(F)CC1. The summed E-state index contributed by atoms with van der Waals surface area (Å²) in [6.07, 6.45) is -0.809. The van der Waals surface area contributed by atoms with Crippen LogP contribution in [0.1, 0.15) is 39.5 Å². The minimum absolute atomic E-state index is 0.101. The highest BCUT2D eigenvalue weighted by Crippen LogP contribution is 2.36. The van der Waals surface area contributed by atoms with Crippen LogP contribution in [0, 0.1) is 11.8 Å². The standard InChI is InChI=1S/C14H25F2NO3/c1-10(2)8-20-9-12(18)7-17-13(19)11-3-5-14(15,16)6-4-11/h10-12,18H,3-9H2,1-2H3,(H,17,19).